The predicted octanol–water partition coefficient (Wildman–Crippen LogP) is 3.18. The second-order valence-corrected chi connectivity index (χ2v) is 4.01. The molecule has 0 aromatic heterocycles. The number of benzene rings is 1. The van der Waals surface area contributed by atoms with E-state index in [1.165, 1.54) is 0 Å². The van der Waals surface area contributed by atoms with Gasteiger partial charge < -0.3 is 5.32 Å². The van der Waals surface area contributed by atoms with Gasteiger partial charge in [0.2, 0.25) is 0 Å². The van der Waals surface area contributed by atoms with Crippen LogP contribution < -0.4 is 5.32 Å². The maximum Gasteiger partial charge on any atom is 0.127 e. The van der Waals surface area contributed by atoms with E-state index in [0.29, 0.717) is 5.92 Å². The number of piperidine rings is 1. The first-order valence-electron chi connectivity index (χ1n) is 5.44. The van der Waals surface area contributed by atoms with E-state index in [4.69, 9.17) is 0 Å². The highest BCUT2D eigenvalue weighted by molar-refractivity contribution is 5.48. The van der Waals surface area contributed by atoms with Crippen molar-refractivity contribution in [3.8, 4) is 0 Å². The molecule has 2 rings (SSSR count). The van der Waals surface area contributed by atoms with Gasteiger partial charge in [-0.05, 0) is 49.0 Å². The first-order chi connectivity index (χ1) is 7.31. The molecule has 0 spiro atoms. The lowest BCUT2D eigenvalue weighted by molar-refractivity contribution is 0.445. The Morgan fingerprint density at radius 1 is 1.40 bits per heavy atom. The maximum atomic E-state index is 13.8. The van der Waals surface area contributed by atoms with Gasteiger partial charge >= 0.3 is 0 Å². The minimum atomic E-state index is -0.0840. The summed E-state index contributed by atoms with van der Waals surface area (Å²) in [6.07, 6.45) is 3.74. The van der Waals surface area contributed by atoms with Crippen molar-refractivity contribution in [2.24, 2.45) is 0 Å². The van der Waals surface area contributed by atoms with Crippen LogP contribution in [0.1, 0.15) is 31.3 Å². The Labute approximate surface area is 91.5 Å². The smallest absolute Gasteiger partial charge is 0.127 e. The molecule has 1 nitrogen and oxygen atoms in total. The third-order valence-electron chi connectivity index (χ3n) is 3.04. The lowest BCUT2D eigenvalue weighted by Gasteiger charge is -2.23. The van der Waals surface area contributed by atoms with Gasteiger partial charge in [0.1, 0.15) is 5.82 Å². The Kier molecular flexibility index (Phi) is 3.17. The fourth-order valence-electron chi connectivity index (χ4n) is 2.13. The molecule has 0 unspecified atom stereocenters. The van der Waals surface area contributed by atoms with E-state index in [-0.39, 0.29) is 7.24 Å². The normalized spacial score (nSPS) is 17.7. The second-order valence-electron chi connectivity index (χ2n) is 4.01. The molecule has 0 bridgehead atoms. The molecule has 1 saturated heterocycles. The Balaban J connectivity index is 0.00000128. The standard InChI is InChI=1S/C13H16FN.H2/c1-2-10-3-4-12(13(14)9-10)11-5-7-15-8-6-11;/h2-4,9,11,15H,1,5-8H2;1H. The van der Waals surface area contributed by atoms with Crippen LogP contribution in [0.25, 0.3) is 6.08 Å². The highest BCUT2D eigenvalue weighted by Gasteiger charge is 2.18. The molecule has 0 radical (unpaired) electrons. The molecule has 0 amide bonds. The molecule has 82 valence electrons. The van der Waals surface area contributed by atoms with Crippen molar-refractivity contribution in [3.05, 3.63) is 41.7 Å². The van der Waals surface area contributed by atoms with E-state index < -0.39 is 0 Å². The van der Waals surface area contributed by atoms with Gasteiger partial charge in [-0.1, -0.05) is 24.8 Å². The number of halogens is 1. The van der Waals surface area contributed by atoms with Gasteiger partial charge in [-0.2, -0.15) is 0 Å². The van der Waals surface area contributed by atoms with Crippen molar-refractivity contribution in [1.29, 1.82) is 0 Å². The molecule has 1 aromatic rings. The number of hydrogen-bond acceptors (Lipinski definition) is 1. The summed E-state index contributed by atoms with van der Waals surface area (Å²) in [5.41, 5.74) is 1.72. The average Bonchev–Trinajstić information content (AvgIpc) is 2.30. The summed E-state index contributed by atoms with van der Waals surface area (Å²) in [4.78, 5) is 0. The van der Waals surface area contributed by atoms with Crippen molar-refractivity contribution in [3.63, 3.8) is 0 Å². The maximum absolute atomic E-state index is 13.8. The van der Waals surface area contributed by atoms with Gasteiger partial charge in [0.25, 0.3) is 0 Å². The summed E-state index contributed by atoms with van der Waals surface area (Å²) >= 11 is 0. The molecule has 1 aliphatic heterocycles. The van der Waals surface area contributed by atoms with Gasteiger partial charge in [-0.15, -0.1) is 0 Å². The minimum absolute atomic E-state index is 0. The Morgan fingerprint density at radius 3 is 2.73 bits per heavy atom. The lowest BCUT2D eigenvalue weighted by Crippen LogP contribution is -2.27. The number of rotatable bonds is 2. The SMILES string of the molecule is C=Cc1ccc(C2CCNCC2)c(F)c1.[HH]. The van der Waals surface area contributed by atoms with Gasteiger partial charge in [-0.3, -0.25) is 0 Å². The lowest BCUT2D eigenvalue weighted by atomic mass is 9.89. The summed E-state index contributed by atoms with van der Waals surface area (Å²) in [7, 11) is 0. The van der Waals surface area contributed by atoms with E-state index in [9.17, 15) is 4.39 Å². The Hall–Kier alpha value is -1.15. The van der Waals surface area contributed by atoms with Crippen molar-refractivity contribution >= 4 is 6.08 Å². The third-order valence-corrected chi connectivity index (χ3v) is 3.04. The molecule has 0 aliphatic carbocycles. The molecule has 1 aliphatic rings. The van der Waals surface area contributed by atoms with Crippen LogP contribution in [0.4, 0.5) is 4.39 Å². The van der Waals surface area contributed by atoms with Crippen LogP contribution in [0, 0.1) is 5.82 Å². The first-order valence-corrected chi connectivity index (χ1v) is 5.44. The summed E-state index contributed by atoms with van der Waals surface area (Å²) in [5, 5.41) is 3.29. The average molecular weight is 207 g/mol. The van der Waals surface area contributed by atoms with Crippen molar-refractivity contribution in [2.45, 2.75) is 18.8 Å². The van der Waals surface area contributed by atoms with Crippen LogP contribution >= 0.6 is 0 Å². The van der Waals surface area contributed by atoms with Crippen LogP contribution in [0.2, 0.25) is 0 Å². The molecular weight excluding hydrogens is 189 g/mol. The monoisotopic (exact) mass is 207 g/mol. The van der Waals surface area contributed by atoms with Crippen LogP contribution in [0.3, 0.4) is 0 Å². The van der Waals surface area contributed by atoms with Crippen LogP contribution in [0.15, 0.2) is 24.8 Å². The molecule has 1 aromatic carbocycles. The van der Waals surface area contributed by atoms with E-state index in [2.05, 4.69) is 11.9 Å². The van der Waals surface area contributed by atoms with E-state index >= 15 is 0 Å². The van der Waals surface area contributed by atoms with Gasteiger partial charge in [0, 0.05) is 1.43 Å². The molecule has 1 fully saturated rings. The van der Waals surface area contributed by atoms with Crippen molar-refractivity contribution < 1.29 is 5.82 Å². The number of hydrogen-bond donors (Lipinski definition) is 1. The largest absolute Gasteiger partial charge is 0.317 e. The van der Waals surface area contributed by atoms with Gasteiger partial charge in [0.15, 0.2) is 0 Å². The zero-order chi connectivity index (χ0) is 10.7. The summed E-state index contributed by atoms with van der Waals surface area (Å²) in [6, 6.07) is 5.42. The molecule has 0 saturated carbocycles. The van der Waals surface area contributed by atoms with E-state index in [1.54, 1.807) is 12.1 Å². The molecule has 2 heteroatoms. The van der Waals surface area contributed by atoms with Gasteiger partial charge in [0.05, 0.1) is 0 Å². The Bertz CT molecular complexity index is 359. The predicted molar refractivity (Wildman–Crippen MR) is 63.4 cm³/mol. The molecule has 1 N–H and O–H groups in total. The number of nitrogens with one attached hydrogen (secondary N) is 1. The van der Waals surface area contributed by atoms with Crippen LogP contribution in [0.5, 0.6) is 0 Å². The molecule has 1 heterocycles. The van der Waals surface area contributed by atoms with Crippen LogP contribution in [-0.2, 0) is 0 Å². The fourth-order valence-corrected chi connectivity index (χ4v) is 2.13. The molecule has 15 heavy (non-hydrogen) atoms. The van der Waals surface area contributed by atoms with E-state index in [0.717, 1.165) is 37.1 Å². The summed E-state index contributed by atoms with van der Waals surface area (Å²) in [6.45, 7) is 5.62. The molecular formula is C13H18FN. The third kappa shape index (κ3) is 2.26. The molecule has 0 atom stereocenters. The highest BCUT2D eigenvalue weighted by atomic mass is 19.1. The first kappa shape index (κ1) is 10.4. The zero-order valence-corrected chi connectivity index (χ0v) is 8.80. The van der Waals surface area contributed by atoms with Crippen molar-refractivity contribution in [2.75, 3.05) is 13.1 Å². The fraction of sp³-hybridized carbons (Fsp3) is 0.385. The minimum Gasteiger partial charge on any atom is -0.317 e. The van der Waals surface area contributed by atoms with Crippen LogP contribution in [-0.4, -0.2) is 13.1 Å². The van der Waals surface area contributed by atoms with Gasteiger partial charge in [-0.25, -0.2) is 4.39 Å². The zero-order valence-electron chi connectivity index (χ0n) is 8.80. The van der Waals surface area contributed by atoms with Crippen molar-refractivity contribution in [1.82, 2.24) is 5.32 Å². The highest BCUT2D eigenvalue weighted by Crippen LogP contribution is 2.27. The summed E-state index contributed by atoms with van der Waals surface area (Å²) < 4.78 is 13.8. The Morgan fingerprint density at radius 2 is 2.13 bits per heavy atom. The quantitative estimate of drug-likeness (QED) is 0.785. The van der Waals surface area contributed by atoms with E-state index in [1.807, 2.05) is 12.1 Å². The summed E-state index contributed by atoms with van der Waals surface area (Å²) in [5.74, 6) is 0.296. The second kappa shape index (κ2) is 4.58. The topological polar surface area (TPSA) is 12.0 Å².